The van der Waals surface area contributed by atoms with E-state index in [0.717, 1.165) is 11.1 Å². The van der Waals surface area contributed by atoms with Gasteiger partial charge >= 0.3 is 0 Å². The van der Waals surface area contributed by atoms with E-state index < -0.39 is 0 Å². The highest BCUT2D eigenvalue weighted by Gasteiger charge is 1.93. The predicted octanol–water partition coefficient (Wildman–Crippen LogP) is 2.55. The molecule has 0 bridgehead atoms. The van der Waals surface area contributed by atoms with Crippen LogP contribution in [-0.2, 0) is 0 Å². The van der Waals surface area contributed by atoms with E-state index in [2.05, 4.69) is 24.3 Å². The van der Waals surface area contributed by atoms with Crippen molar-refractivity contribution < 1.29 is 0 Å². The van der Waals surface area contributed by atoms with Crippen molar-refractivity contribution in [3.05, 3.63) is 60.7 Å². The molecule has 0 heterocycles. The van der Waals surface area contributed by atoms with Gasteiger partial charge < -0.3 is 0 Å². The van der Waals surface area contributed by atoms with E-state index in [4.69, 9.17) is 0 Å². The second kappa shape index (κ2) is 3.22. The minimum Gasteiger partial charge on any atom is -0.0610 e. The van der Waals surface area contributed by atoms with Gasteiger partial charge in [0.25, 0.3) is 0 Å². The zero-order chi connectivity index (χ0) is 8.23. The Morgan fingerprint density at radius 1 is 0.750 bits per heavy atom. The van der Waals surface area contributed by atoms with Crippen molar-refractivity contribution in [1.82, 2.24) is 0 Å². The lowest BCUT2D eigenvalue weighted by atomic mass is 10.1. The summed E-state index contributed by atoms with van der Waals surface area (Å²) in [6.45, 7) is 0. The normalized spacial score (nSPS) is 9.67. The lowest BCUT2D eigenvalue weighted by Crippen LogP contribution is -1.75. The van der Waals surface area contributed by atoms with Crippen LogP contribution in [0.4, 0.5) is 0 Å². The van der Waals surface area contributed by atoms with Crippen LogP contribution in [0.2, 0.25) is 0 Å². The van der Waals surface area contributed by atoms with E-state index in [0.29, 0.717) is 0 Å². The number of hydrogen-bond donors (Lipinski definition) is 0. The molecule has 0 aliphatic carbocycles. The average Bonchev–Trinajstić information content (AvgIpc) is 2.21. The van der Waals surface area contributed by atoms with Crippen molar-refractivity contribution in [3.8, 4) is 11.1 Å². The van der Waals surface area contributed by atoms with Crippen LogP contribution in [0.15, 0.2) is 36.4 Å². The molecule has 0 fully saturated rings. The maximum Gasteiger partial charge on any atom is -0.00139 e. The second-order valence-electron chi connectivity index (χ2n) is 2.42. The fraction of sp³-hybridized carbons (Fsp3) is 0. The Morgan fingerprint density at radius 2 is 1.25 bits per heavy atom. The molecule has 12 heavy (non-hydrogen) atoms. The molecule has 0 spiro atoms. The summed E-state index contributed by atoms with van der Waals surface area (Å²) in [5.41, 5.74) is 2.02. The third kappa shape index (κ3) is 1.37. The standard InChI is InChI=1S/C12H6/c1-3-7-11(8-4-1)12-9-5-2-6-10-12/h1-3,5,7,9H. The first-order valence-electron chi connectivity index (χ1n) is 3.74. The van der Waals surface area contributed by atoms with E-state index >= 15 is 0 Å². The van der Waals surface area contributed by atoms with E-state index in [9.17, 15) is 0 Å². The van der Waals surface area contributed by atoms with Gasteiger partial charge in [-0.05, 0) is 35.4 Å². The molecule has 0 aliphatic heterocycles. The van der Waals surface area contributed by atoms with Gasteiger partial charge in [0.2, 0.25) is 0 Å². The minimum absolute atomic E-state index is 1.01. The fourth-order valence-electron chi connectivity index (χ4n) is 1.02. The molecule has 0 unspecified atom stereocenters. The van der Waals surface area contributed by atoms with Crippen molar-refractivity contribution in [2.45, 2.75) is 0 Å². The Labute approximate surface area is 72.5 Å². The first-order chi connectivity index (χ1) is 5.97. The minimum atomic E-state index is 1.01. The zero-order valence-corrected chi connectivity index (χ0v) is 6.46. The highest BCUT2D eigenvalue weighted by atomic mass is 14.0. The molecule has 0 N–H and O–H groups in total. The van der Waals surface area contributed by atoms with Crippen LogP contribution in [0.5, 0.6) is 0 Å². The van der Waals surface area contributed by atoms with Gasteiger partial charge in [-0.15, -0.1) is 0 Å². The highest BCUT2D eigenvalue weighted by molar-refractivity contribution is 5.61. The molecule has 0 saturated carbocycles. The Bertz CT molecular complexity index is 297. The lowest BCUT2D eigenvalue weighted by molar-refractivity contribution is 1.59. The molecular weight excluding hydrogens is 144 g/mol. The first-order valence-corrected chi connectivity index (χ1v) is 3.74. The predicted molar refractivity (Wildman–Crippen MR) is 47.2 cm³/mol. The summed E-state index contributed by atoms with van der Waals surface area (Å²) >= 11 is 0. The molecule has 0 saturated heterocycles. The zero-order valence-electron chi connectivity index (χ0n) is 6.46. The van der Waals surface area contributed by atoms with Crippen molar-refractivity contribution in [1.29, 1.82) is 0 Å². The molecule has 2 aromatic carbocycles. The van der Waals surface area contributed by atoms with E-state index in [1.165, 1.54) is 0 Å². The van der Waals surface area contributed by atoms with E-state index in [1.807, 2.05) is 36.4 Å². The van der Waals surface area contributed by atoms with Gasteiger partial charge in [0.15, 0.2) is 0 Å². The maximum absolute atomic E-state index is 3.01. The van der Waals surface area contributed by atoms with Crippen LogP contribution in [0.3, 0.4) is 0 Å². The molecule has 2 aromatic rings. The van der Waals surface area contributed by atoms with Gasteiger partial charge in [-0.3, -0.25) is 0 Å². The Kier molecular flexibility index (Phi) is 1.91. The number of hydrogen-bond acceptors (Lipinski definition) is 0. The largest absolute Gasteiger partial charge is 0.0610 e. The highest BCUT2D eigenvalue weighted by Crippen LogP contribution is 2.15. The third-order valence-electron chi connectivity index (χ3n) is 1.59. The Balaban J connectivity index is 2.46. The van der Waals surface area contributed by atoms with Gasteiger partial charge in [0.1, 0.15) is 0 Å². The average molecular weight is 150 g/mol. The van der Waals surface area contributed by atoms with Crippen LogP contribution >= 0.6 is 0 Å². The Hall–Kier alpha value is -1.56. The van der Waals surface area contributed by atoms with E-state index in [-0.39, 0.29) is 0 Å². The van der Waals surface area contributed by atoms with Crippen LogP contribution in [0.1, 0.15) is 0 Å². The summed E-state index contributed by atoms with van der Waals surface area (Å²) in [4.78, 5) is 0. The molecule has 0 aromatic heterocycles. The van der Waals surface area contributed by atoms with Gasteiger partial charge in [-0.2, -0.15) is 0 Å². The molecule has 0 heteroatoms. The smallest absolute Gasteiger partial charge is 0.00139 e. The summed E-state index contributed by atoms with van der Waals surface area (Å²) in [5.74, 6) is 0. The molecular formula is C12H6. The van der Waals surface area contributed by atoms with Gasteiger partial charge in [0.05, 0.1) is 0 Å². The second-order valence-corrected chi connectivity index (χ2v) is 2.42. The van der Waals surface area contributed by atoms with E-state index in [1.54, 1.807) is 0 Å². The van der Waals surface area contributed by atoms with Gasteiger partial charge in [-0.25, -0.2) is 0 Å². The van der Waals surface area contributed by atoms with Crippen LogP contribution in [0, 0.1) is 24.3 Å². The monoisotopic (exact) mass is 150 g/mol. The van der Waals surface area contributed by atoms with Crippen LogP contribution in [0.25, 0.3) is 11.1 Å². The maximum atomic E-state index is 3.01. The topological polar surface area (TPSA) is 0 Å². The number of benzene rings is 2. The summed E-state index contributed by atoms with van der Waals surface area (Å²) < 4.78 is 0. The SMILES string of the molecule is [c]1[c]c(-c2[c][c]ccc2)ccc1. The summed E-state index contributed by atoms with van der Waals surface area (Å²) in [5, 5.41) is 0. The molecule has 0 amide bonds. The fourth-order valence-corrected chi connectivity index (χ4v) is 1.02. The quantitative estimate of drug-likeness (QED) is 0.586. The van der Waals surface area contributed by atoms with Gasteiger partial charge in [0, 0.05) is 0 Å². The van der Waals surface area contributed by atoms with Gasteiger partial charge in [-0.1, -0.05) is 36.4 Å². The van der Waals surface area contributed by atoms with Crippen LogP contribution < -0.4 is 0 Å². The molecule has 0 aliphatic rings. The number of rotatable bonds is 1. The lowest BCUT2D eigenvalue weighted by Gasteiger charge is -1.96. The Morgan fingerprint density at radius 3 is 1.58 bits per heavy atom. The first kappa shape index (κ1) is 7.11. The van der Waals surface area contributed by atoms with Crippen molar-refractivity contribution >= 4 is 0 Å². The molecule has 0 nitrogen and oxygen atoms in total. The molecule has 0 atom stereocenters. The summed E-state index contributed by atoms with van der Waals surface area (Å²) in [6, 6.07) is 23.3. The third-order valence-corrected chi connectivity index (χ3v) is 1.59. The molecule has 2 rings (SSSR count). The van der Waals surface area contributed by atoms with Crippen molar-refractivity contribution in [3.63, 3.8) is 0 Å². The van der Waals surface area contributed by atoms with Crippen LogP contribution in [-0.4, -0.2) is 0 Å². The van der Waals surface area contributed by atoms with Crippen molar-refractivity contribution in [2.75, 3.05) is 0 Å². The summed E-state index contributed by atoms with van der Waals surface area (Å²) in [6.07, 6.45) is 0. The van der Waals surface area contributed by atoms with Crippen molar-refractivity contribution in [2.24, 2.45) is 0 Å². The molecule has 54 valence electrons. The summed E-state index contributed by atoms with van der Waals surface area (Å²) in [7, 11) is 0. The molecule has 4 radical (unpaired) electrons.